The maximum Gasteiger partial charge on any atom is 0.192 e. The number of hydrogen-bond donors (Lipinski definition) is 2. The third-order valence-corrected chi connectivity index (χ3v) is 5.38. The van der Waals surface area contributed by atoms with Crippen molar-refractivity contribution in [1.29, 1.82) is 0 Å². The largest absolute Gasteiger partial charge is 0.354 e. The summed E-state index contributed by atoms with van der Waals surface area (Å²) in [5, 5.41) is 15.7. The molecule has 1 aromatic rings. The average molecular weight is 363 g/mol. The van der Waals surface area contributed by atoms with E-state index >= 15 is 0 Å². The highest BCUT2D eigenvalue weighted by Crippen LogP contribution is 2.17. The van der Waals surface area contributed by atoms with Gasteiger partial charge in [-0.15, -0.1) is 10.2 Å². The van der Waals surface area contributed by atoms with Crippen molar-refractivity contribution in [3.05, 3.63) is 11.6 Å². The van der Waals surface area contributed by atoms with Crippen molar-refractivity contribution in [3.8, 4) is 0 Å². The van der Waals surface area contributed by atoms with Gasteiger partial charge in [-0.25, -0.2) is 4.99 Å². The maximum absolute atomic E-state index is 4.82. The molecule has 1 aliphatic rings. The van der Waals surface area contributed by atoms with E-state index in [1.165, 1.54) is 64.2 Å². The molecule has 0 aromatic carbocycles. The molecule has 1 saturated carbocycles. The smallest absolute Gasteiger partial charge is 0.192 e. The molecule has 1 fully saturated rings. The Kier molecular flexibility index (Phi) is 8.92. The van der Waals surface area contributed by atoms with Gasteiger partial charge in [0.15, 0.2) is 11.8 Å². The van der Waals surface area contributed by atoms with Crippen LogP contribution >= 0.6 is 0 Å². The number of rotatable bonds is 9. The Morgan fingerprint density at radius 2 is 1.96 bits per heavy atom. The van der Waals surface area contributed by atoms with Crippen LogP contribution in [-0.4, -0.2) is 32.8 Å². The van der Waals surface area contributed by atoms with Crippen molar-refractivity contribution < 1.29 is 0 Å². The first-order valence-electron chi connectivity index (χ1n) is 10.5. The van der Waals surface area contributed by atoms with Crippen molar-refractivity contribution in [1.82, 2.24) is 25.4 Å². The monoisotopic (exact) mass is 362 g/mol. The molecule has 1 unspecified atom stereocenters. The second-order valence-corrected chi connectivity index (χ2v) is 7.76. The van der Waals surface area contributed by atoms with Gasteiger partial charge in [0.25, 0.3) is 0 Å². The maximum atomic E-state index is 4.82. The first-order chi connectivity index (χ1) is 12.6. The summed E-state index contributed by atoms with van der Waals surface area (Å²) >= 11 is 0. The molecule has 0 bridgehead atoms. The average Bonchev–Trinajstić information content (AvgIpc) is 2.96. The number of nitrogens with one attached hydrogen (secondary N) is 2. The van der Waals surface area contributed by atoms with Gasteiger partial charge < -0.3 is 15.2 Å². The van der Waals surface area contributed by atoms with Crippen molar-refractivity contribution in [3.63, 3.8) is 0 Å². The summed E-state index contributed by atoms with van der Waals surface area (Å²) in [5.74, 6) is 2.76. The van der Waals surface area contributed by atoms with Gasteiger partial charge in [0, 0.05) is 19.1 Å². The lowest BCUT2D eigenvalue weighted by Crippen LogP contribution is -2.47. The number of nitrogens with zero attached hydrogens (tertiary/aromatic N) is 4. The molecule has 0 spiro atoms. The molecule has 0 saturated heterocycles. The van der Waals surface area contributed by atoms with Crippen LogP contribution < -0.4 is 10.6 Å². The second-order valence-electron chi connectivity index (χ2n) is 7.76. The minimum Gasteiger partial charge on any atom is -0.354 e. The van der Waals surface area contributed by atoms with Crippen LogP contribution in [0, 0.1) is 6.92 Å². The van der Waals surface area contributed by atoms with E-state index in [2.05, 4.69) is 34.7 Å². The van der Waals surface area contributed by atoms with Gasteiger partial charge in [-0.3, -0.25) is 0 Å². The summed E-state index contributed by atoms with van der Waals surface area (Å²) < 4.78 is 2.01. The Morgan fingerprint density at radius 3 is 2.62 bits per heavy atom. The van der Waals surface area contributed by atoms with Crippen molar-refractivity contribution in [2.75, 3.05) is 0 Å². The Hall–Kier alpha value is -1.59. The molecular formula is C20H38N6. The lowest BCUT2D eigenvalue weighted by atomic mass is 9.96. The zero-order valence-corrected chi connectivity index (χ0v) is 17.2. The molecule has 6 heteroatoms. The van der Waals surface area contributed by atoms with E-state index < -0.39 is 0 Å². The fraction of sp³-hybridized carbons (Fsp3) is 0.850. The van der Waals surface area contributed by atoms with Crippen LogP contribution in [0.2, 0.25) is 0 Å². The highest BCUT2D eigenvalue weighted by molar-refractivity contribution is 5.80. The fourth-order valence-corrected chi connectivity index (χ4v) is 3.49. The highest BCUT2D eigenvalue weighted by Gasteiger charge is 2.16. The number of aliphatic imine (C=N–C) groups is 1. The molecule has 1 aromatic heterocycles. The molecule has 0 radical (unpaired) electrons. The van der Waals surface area contributed by atoms with Crippen LogP contribution in [-0.2, 0) is 13.6 Å². The molecule has 1 aliphatic carbocycles. The number of aromatic nitrogens is 3. The van der Waals surface area contributed by atoms with Gasteiger partial charge in [0.2, 0.25) is 0 Å². The minimum absolute atomic E-state index is 0.433. The molecule has 2 N–H and O–H groups in total. The van der Waals surface area contributed by atoms with E-state index in [-0.39, 0.29) is 0 Å². The highest BCUT2D eigenvalue weighted by atomic mass is 15.3. The summed E-state index contributed by atoms with van der Waals surface area (Å²) in [7, 11) is 2.00. The third-order valence-electron chi connectivity index (χ3n) is 5.38. The summed E-state index contributed by atoms with van der Waals surface area (Å²) in [4.78, 5) is 4.82. The van der Waals surface area contributed by atoms with E-state index in [4.69, 9.17) is 4.99 Å². The molecule has 2 rings (SSSR count). The summed E-state index contributed by atoms with van der Waals surface area (Å²) in [6.45, 7) is 7.05. The molecule has 1 heterocycles. The Morgan fingerprint density at radius 1 is 1.19 bits per heavy atom. The van der Waals surface area contributed by atoms with E-state index in [0.717, 1.165) is 17.6 Å². The van der Waals surface area contributed by atoms with Crippen molar-refractivity contribution >= 4 is 5.96 Å². The van der Waals surface area contributed by atoms with E-state index in [9.17, 15) is 0 Å². The molecule has 0 amide bonds. The lowest BCUT2D eigenvalue weighted by Gasteiger charge is -2.26. The number of guanidine groups is 1. The Labute approximate surface area is 159 Å². The molecule has 26 heavy (non-hydrogen) atoms. The summed E-state index contributed by atoms with van der Waals surface area (Å²) in [5.41, 5.74) is 0. The van der Waals surface area contributed by atoms with E-state index in [1.54, 1.807) is 0 Å². The third kappa shape index (κ3) is 6.96. The number of aryl methyl sites for hydroxylation is 1. The molecular weight excluding hydrogens is 324 g/mol. The standard InChI is InChI=1S/C20H38N6/c1-5-6-7-9-12-16(2)22-20(23-18-13-10-8-11-14-18)21-15-19-25-24-17(3)26(19)4/h16,18H,5-15H2,1-4H3,(H2,21,22,23). The SMILES string of the molecule is CCCCCCC(C)NC(=NCc1nnc(C)n1C)NC1CCCCC1. The molecule has 1 atom stereocenters. The molecule has 148 valence electrons. The first-order valence-corrected chi connectivity index (χ1v) is 10.5. The molecule has 0 aliphatic heterocycles. The van der Waals surface area contributed by atoms with Gasteiger partial charge in [-0.2, -0.15) is 0 Å². The second kappa shape index (κ2) is 11.2. The normalized spacial score (nSPS) is 17.3. The zero-order chi connectivity index (χ0) is 18.8. The molecule has 6 nitrogen and oxygen atoms in total. The van der Waals surface area contributed by atoms with Crippen LogP contribution in [0.1, 0.15) is 89.7 Å². The van der Waals surface area contributed by atoms with Crippen molar-refractivity contribution in [2.45, 2.75) is 104 Å². The van der Waals surface area contributed by atoms with Crippen LogP contribution in [0.4, 0.5) is 0 Å². The van der Waals surface area contributed by atoms with Gasteiger partial charge in [0.1, 0.15) is 12.4 Å². The predicted octanol–water partition coefficient (Wildman–Crippen LogP) is 3.85. The van der Waals surface area contributed by atoms with Crippen LogP contribution in [0.5, 0.6) is 0 Å². The number of hydrogen-bond acceptors (Lipinski definition) is 3. The minimum atomic E-state index is 0.433. The van der Waals surface area contributed by atoms with E-state index in [0.29, 0.717) is 18.6 Å². The first kappa shape index (κ1) is 20.7. The van der Waals surface area contributed by atoms with Crippen LogP contribution in [0.15, 0.2) is 4.99 Å². The predicted molar refractivity (Wildman–Crippen MR) is 108 cm³/mol. The van der Waals surface area contributed by atoms with Gasteiger partial charge in [-0.05, 0) is 33.1 Å². The fourth-order valence-electron chi connectivity index (χ4n) is 3.49. The van der Waals surface area contributed by atoms with E-state index in [1.807, 2.05) is 18.5 Å². The number of unbranched alkanes of at least 4 members (excludes halogenated alkanes) is 3. The zero-order valence-electron chi connectivity index (χ0n) is 17.2. The lowest BCUT2D eigenvalue weighted by molar-refractivity contribution is 0.406. The van der Waals surface area contributed by atoms with Crippen LogP contribution in [0.25, 0.3) is 0 Å². The van der Waals surface area contributed by atoms with Crippen molar-refractivity contribution in [2.24, 2.45) is 12.0 Å². The van der Waals surface area contributed by atoms with Gasteiger partial charge in [0.05, 0.1) is 0 Å². The topological polar surface area (TPSA) is 67.1 Å². The Bertz CT molecular complexity index is 544. The summed E-state index contributed by atoms with van der Waals surface area (Å²) in [6, 6.07) is 0.978. The van der Waals surface area contributed by atoms with Crippen LogP contribution in [0.3, 0.4) is 0 Å². The Balaban J connectivity index is 1.93. The van der Waals surface area contributed by atoms with Gasteiger partial charge in [-0.1, -0.05) is 51.9 Å². The summed E-state index contributed by atoms with van der Waals surface area (Å²) in [6.07, 6.45) is 12.9. The van der Waals surface area contributed by atoms with Gasteiger partial charge >= 0.3 is 0 Å². The quantitative estimate of drug-likeness (QED) is 0.398.